The highest BCUT2D eigenvalue weighted by molar-refractivity contribution is 6.14. The van der Waals surface area contributed by atoms with Crippen molar-refractivity contribution in [3.8, 4) is 11.8 Å². The first-order valence-electron chi connectivity index (χ1n) is 6.62. The molecule has 0 aliphatic heterocycles. The lowest BCUT2D eigenvalue weighted by molar-refractivity contribution is -0.109. The van der Waals surface area contributed by atoms with E-state index in [9.17, 15) is 4.79 Å². The van der Waals surface area contributed by atoms with Gasteiger partial charge in [0.15, 0.2) is 0 Å². The number of ether oxygens (including phenoxy) is 1. The van der Waals surface area contributed by atoms with Gasteiger partial charge in [0.05, 0.1) is 24.5 Å². The number of aryl methyl sites for hydroxylation is 1. The highest BCUT2D eigenvalue weighted by Crippen LogP contribution is 2.21. The number of nitrogens with one attached hydrogen (secondary N) is 1. The van der Waals surface area contributed by atoms with Crippen molar-refractivity contribution in [1.82, 2.24) is 5.43 Å². The standard InChI is InChI=1S/C17H15N3O2/c1-12-8-15(22-2)6-7-16(12)17(20-19-11-21)14-5-3-4-13(9-14)10-18/h3-9,11H,1-2H3,(H,19,21). The highest BCUT2D eigenvalue weighted by atomic mass is 16.5. The fraction of sp³-hybridized carbons (Fsp3) is 0.118. The molecule has 2 aromatic rings. The van der Waals surface area contributed by atoms with Crippen molar-refractivity contribution in [2.75, 3.05) is 7.11 Å². The maximum atomic E-state index is 10.6. The molecule has 0 bridgehead atoms. The van der Waals surface area contributed by atoms with Crippen LogP contribution in [0.15, 0.2) is 47.6 Å². The van der Waals surface area contributed by atoms with E-state index in [1.165, 1.54) is 0 Å². The summed E-state index contributed by atoms with van der Waals surface area (Å²) in [6, 6.07) is 14.8. The van der Waals surface area contributed by atoms with Gasteiger partial charge in [0.25, 0.3) is 0 Å². The van der Waals surface area contributed by atoms with Gasteiger partial charge in [-0.05, 0) is 42.8 Å². The molecule has 22 heavy (non-hydrogen) atoms. The average Bonchev–Trinajstić information content (AvgIpc) is 2.56. The van der Waals surface area contributed by atoms with Crippen molar-refractivity contribution in [3.05, 3.63) is 64.7 Å². The normalized spacial score (nSPS) is 10.7. The van der Waals surface area contributed by atoms with Crippen LogP contribution in [-0.4, -0.2) is 19.2 Å². The van der Waals surface area contributed by atoms with Crippen LogP contribution in [0.1, 0.15) is 22.3 Å². The number of nitrogens with zero attached hydrogens (tertiary/aromatic N) is 2. The van der Waals surface area contributed by atoms with Crippen LogP contribution >= 0.6 is 0 Å². The third-order valence-electron chi connectivity index (χ3n) is 3.18. The minimum Gasteiger partial charge on any atom is -0.497 e. The lowest BCUT2D eigenvalue weighted by Gasteiger charge is -2.11. The number of benzene rings is 2. The largest absolute Gasteiger partial charge is 0.497 e. The quantitative estimate of drug-likeness (QED) is 0.522. The zero-order valence-electron chi connectivity index (χ0n) is 12.3. The highest BCUT2D eigenvalue weighted by Gasteiger charge is 2.11. The minimum absolute atomic E-state index is 0.507. The summed E-state index contributed by atoms with van der Waals surface area (Å²) in [4.78, 5) is 10.6. The van der Waals surface area contributed by atoms with Crippen molar-refractivity contribution in [1.29, 1.82) is 5.26 Å². The molecule has 0 fully saturated rings. The van der Waals surface area contributed by atoms with E-state index in [2.05, 4.69) is 16.6 Å². The Morgan fingerprint density at radius 1 is 1.32 bits per heavy atom. The smallest absolute Gasteiger partial charge is 0.227 e. The molecule has 0 aliphatic rings. The van der Waals surface area contributed by atoms with Gasteiger partial charge in [-0.3, -0.25) is 4.79 Å². The molecule has 0 aromatic heterocycles. The number of carbonyl (C=O) groups excluding carboxylic acids is 1. The van der Waals surface area contributed by atoms with Crippen LogP contribution in [0.25, 0.3) is 0 Å². The Morgan fingerprint density at radius 3 is 2.77 bits per heavy atom. The molecular formula is C17H15N3O2. The second kappa shape index (κ2) is 7.04. The Hall–Kier alpha value is -3.13. The van der Waals surface area contributed by atoms with E-state index in [4.69, 9.17) is 10.00 Å². The first kappa shape index (κ1) is 15.3. The molecule has 0 saturated carbocycles. The zero-order valence-corrected chi connectivity index (χ0v) is 12.3. The number of carbonyl (C=O) groups is 1. The first-order valence-corrected chi connectivity index (χ1v) is 6.62. The van der Waals surface area contributed by atoms with Gasteiger partial charge in [-0.25, -0.2) is 5.43 Å². The fourth-order valence-corrected chi connectivity index (χ4v) is 2.14. The molecule has 2 aromatic carbocycles. The second-order valence-electron chi connectivity index (χ2n) is 4.58. The Bertz CT molecular complexity index is 761. The van der Waals surface area contributed by atoms with Crippen LogP contribution < -0.4 is 10.2 Å². The molecule has 0 heterocycles. The molecule has 0 atom stereocenters. The second-order valence-corrected chi connectivity index (χ2v) is 4.58. The van der Waals surface area contributed by atoms with E-state index in [1.54, 1.807) is 25.3 Å². The van der Waals surface area contributed by atoms with Crippen molar-refractivity contribution in [3.63, 3.8) is 0 Å². The van der Waals surface area contributed by atoms with E-state index in [-0.39, 0.29) is 0 Å². The molecule has 0 radical (unpaired) electrons. The molecule has 0 saturated heterocycles. The molecule has 1 amide bonds. The van der Waals surface area contributed by atoms with Crippen LogP contribution in [-0.2, 0) is 4.79 Å². The van der Waals surface area contributed by atoms with Gasteiger partial charge in [0.1, 0.15) is 5.75 Å². The van der Waals surface area contributed by atoms with Gasteiger partial charge in [0.2, 0.25) is 6.41 Å². The monoisotopic (exact) mass is 293 g/mol. The van der Waals surface area contributed by atoms with Gasteiger partial charge in [-0.2, -0.15) is 10.4 Å². The summed E-state index contributed by atoms with van der Waals surface area (Å²) >= 11 is 0. The first-order chi connectivity index (χ1) is 10.7. The number of nitriles is 1. The Labute approximate surface area is 128 Å². The third-order valence-corrected chi connectivity index (χ3v) is 3.18. The molecule has 0 spiro atoms. The van der Waals surface area contributed by atoms with Crippen LogP contribution in [0.4, 0.5) is 0 Å². The summed E-state index contributed by atoms with van der Waals surface area (Å²) in [6.45, 7) is 1.93. The topological polar surface area (TPSA) is 74.5 Å². The van der Waals surface area contributed by atoms with Crippen molar-refractivity contribution in [2.45, 2.75) is 6.92 Å². The van der Waals surface area contributed by atoms with Crippen molar-refractivity contribution >= 4 is 12.1 Å². The predicted molar refractivity (Wildman–Crippen MR) is 83.7 cm³/mol. The van der Waals surface area contributed by atoms with Crippen LogP contribution in [0.3, 0.4) is 0 Å². The summed E-state index contributed by atoms with van der Waals surface area (Å²) in [5.41, 5.74) is 6.00. The molecule has 2 rings (SSSR count). The number of amides is 1. The molecular weight excluding hydrogens is 278 g/mol. The van der Waals surface area contributed by atoms with Gasteiger partial charge < -0.3 is 4.74 Å². The van der Waals surface area contributed by atoms with E-state index >= 15 is 0 Å². The van der Waals surface area contributed by atoms with Crippen molar-refractivity contribution < 1.29 is 9.53 Å². The summed E-state index contributed by atoms with van der Waals surface area (Å²) in [5, 5.41) is 13.2. The Morgan fingerprint density at radius 2 is 2.14 bits per heavy atom. The average molecular weight is 293 g/mol. The van der Waals surface area contributed by atoms with Gasteiger partial charge >= 0.3 is 0 Å². The molecule has 5 nitrogen and oxygen atoms in total. The van der Waals surface area contributed by atoms with Gasteiger partial charge in [0, 0.05) is 11.1 Å². The Kier molecular flexibility index (Phi) is 4.89. The van der Waals surface area contributed by atoms with E-state index in [0.717, 1.165) is 22.4 Å². The third kappa shape index (κ3) is 3.30. The molecule has 0 aliphatic carbocycles. The lowest BCUT2D eigenvalue weighted by Crippen LogP contribution is -2.12. The summed E-state index contributed by atoms with van der Waals surface area (Å²) in [5.74, 6) is 0.745. The Balaban J connectivity index is 2.56. The zero-order chi connectivity index (χ0) is 15.9. The van der Waals surface area contributed by atoms with E-state index in [1.807, 2.05) is 31.2 Å². The molecule has 5 heteroatoms. The number of rotatable bonds is 5. The summed E-state index contributed by atoms with van der Waals surface area (Å²) < 4.78 is 5.20. The maximum absolute atomic E-state index is 10.6. The lowest BCUT2D eigenvalue weighted by atomic mass is 9.97. The molecule has 110 valence electrons. The van der Waals surface area contributed by atoms with Crippen molar-refractivity contribution in [2.24, 2.45) is 5.10 Å². The maximum Gasteiger partial charge on any atom is 0.227 e. The molecule has 0 unspecified atom stereocenters. The SMILES string of the molecule is COc1ccc(C(=NNC=O)c2cccc(C#N)c2)c(C)c1. The van der Waals surface area contributed by atoms with Gasteiger partial charge in [-0.15, -0.1) is 0 Å². The number of hydrogen-bond acceptors (Lipinski definition) is 4. The summed E-state index contributed by atoms with van der Waals surface area (Å²) in [7, 11) is 1.60. The minimum atomic E-state index is 0.507. The van der Waals surface area contributed by atoms with E-state index in [0.29, 0.717) is 17.7 Å². The fourth-order valence-electron chi connectivity index (χ4n) is 2.14. The van der Waals surface area contributed by atoms with Crippen LogP contribution in [0, 0.1) is 18.3 Å². The molecule has 1 N–H and O–H groups in total. The summed E-state index contributed by atoms with van der Waals surface area (Å²) in [6.07, 6.45) is 0.507. The number of methoxy groups -OCH3 is 1. The van der Waals surface area contributed by atoms with E-state index < -0.39 is 0 Å². The number of hydrazone groups is 1. The van der Waals surface area contributed by atoms with Crippen LogP contribution in [0.5, 0.6) is 5.75 Å². The van der Waals surface area contributed by atoms with Gasteiger partial charge in [-0.1, -0.05) is 12.1 Å². The van der Waals surface area contributed by atoms with Crippen LogP contribution in [0.2, 0.25) is 0 Å². The predicted octanol–water partition coefficient (Wildman–Crippen LogP) is 2.37. The number of hydrogen-bond donors (Lipinski definition) is 1.